The zero-order valence-corrected chi connectivity index (χ0v) is 11.5. The summed E-state index contributed by atoms with van der Waals surface area (Å²) in [6, 6.07) is 7.69. The minimum absolute atomic E-state index is 0.224. The molecule has 0 bridgehead atoms. The van der Waals surface area contributed by atoms with E-state index in [9.17, 15) is 9.59 Å². The third-order valence-corrected chi connectivity index (χ3v) is 3.44. The molecule has 20 heavy (non-hydrogen) atoms. The van der Waals surface area contributed by atoms with Gasteiger partial charge in [0.05, 0.1) is 6.61 Å². The second kappa shape index (κ2) is 5.94. The van der Waals surface area contributed by atoms with Gasteiger partial charge in [-0.25, -0.2) is 4.79 Å². The normalized spacial score (nSPS) is 15.4. The molecule has 1 aromatic rings. The van der Waals surface area contributed by atoms with Crippen molar-refractivity contribution >= 4 is 11.9 Å². The number of rotatable bonds is 7. The van der Waals surface area contributed by atoms with Crippen LogP contribution >= 0.6 is 0 Å². The summed E-state index contributed by atoms with van der Waals surface area (Å²) in [6.07, 6.45) is 1.89. The van der Waals surface area contributed by atoms with Crippen LogP contribution < -0.4 is 10.1 Å². The van der Waals surface area contributed by atoms with Crippen LogP contribution in [0.2, 0.25) is 0 Å². The van der Waals surface area contributed by atoms with Crippen molar-refractivity contribution in [2.75, 3.05) is 6.61 Å². The van der Waals surface area contributed by atoms with Crippen LogP contribution in [-0.4, -0.2) is 29.1 Å². The highest BCUT2D eigenvalue weighted by molar-refractivity contribution is 5.89. The van der Waals surface area contributed by atoms with Crippen LogP contribution in [0.4, 0.5) is 0 Å². The third kappa shape index (κ3) is 3.50. The van der Waals surface area contributed by atoms with Crippen LogP contribution in [0.1, 0.15) is 31.2 Å². The lowest BCUT2D eigenvalue weighted by Crippen LogP contribution is -2.43. The Kier molecular flexibility index (Phi) is 4.27. The summed E-state index contributed by atoms with van der Waals surface area (Å²) in [5.74, 6) is -0.350. The number of nitrogens with one attached hydrogen (secondary N) is 1. The van der Waals surface area contributed by atoms with Gasteiger partial charge in [0.2, 0.25) is 5.91 Å². The molecular formula is C15H19NO4. The summed E-state index contributed by atoms with van der Waals surface area (Å²) in [5, 5.41) is 11.5. The van der Waals surface area contributed by atoms with Gasteiger partial charge < -0.3 is 15.2 Å². The zero-order chi connectivity index (χ0) is 14.6. The summed E-state index contributed by atoms with van der Waals surface area (Å²) >= 11 is 0. The van der Waals surface area contributed by atoms with Crippen LogP contribution in [0, 0.1) is 6.92 Å². The average Bonchev–Trinajstić information content (AvgIpc) is 3.17. The van der Waals surface area contributed by atoms with E-state index >= 15 is 0 Å². The third-order valence-electron chi connectivity index (χ3n) is 3.44. The lowest BCUT2D eigenvalue weighted by atomic mass is 10.2. The molecule has 0 unspecified atom stereocenters. The topological polar surface area (TPSA) is 75.6 Å². The predicted molar refractivity (Wildman–Crippen MR) is 73.7 cm³/mol. The Bertz CT molecular complexity index is 508. The number of para-hydroxylation sites is 1. The highest BCUT2D eigenvalue weighted by Crippen LogP contribution is 2.35. The molecule has 0 aromatic heterocycles. The molecule has 0 atom stereocenters. The van der Waals surface area contributed by atoms with Crippen LogP contribution in [0.15, 0.2) is 24.3 Å². The molecule has 108 valence electrons. The van der Waals surface area contributed by atoms with Gasteiger partial charge in [0.1, 0.15) is 11.3 Å². The maximum absolute atomic E-state index is 11.7. The number of carbonyl (C=O) groups is 2. The van der Waals surface area contributed by atoms with E-state index in [0.717, 1.165) is 11.3 Å². The Morgan fingerprint density at radius 1 is 1.35 bits per heavy atom. The summed E-state index contributed by atoms with van der Waals surface area (Å²) in [6.45, 7) is 2.41. The number of aliphatic carboxylic acids is 1. The van der Waals surface area contributed by atoms with E-state index in [1.54, 1.807) is 0 Å². The number of aryl methyl sites for hydroxylation is 1. The molecule has 0 saturated heterocycles. The minimum atomic E-state index is -0.992. The first-order chi connectivity index (χ1) is 9.53. The van der Waals surface area contributed by atoms with Gasteiger partial charge in [-0.1, -0.05) is 18.2 Å². The molecule has 1 aromatic carbocycles. The van der Waals surface area contributed by atoms with Gasteiger partial charge in [-0.2, -0.15) is 0 Å². The standard InChI is InChI=1S/C15H19NO4/c1-11-5-2-3-6-12(11)20-10-4-7-13(17)16-15(8-9-15)14(18)19/h2-3,5-6H,4,7-10H2,1H3,(H,16,17)(H,18,19). The molecule has 1 saturated carbocycles. The Labute approximate surface area is 117 Å². The molecule has 1 fully saturated rings. The average molecular weight is 277 g/mol. The van der Waals surface area contributed by atoms with Gasteiger partial charge in [-0.05, 0) is 37.8 Å². The molecule has 0 spiro atoms. The van der Waals surface area contributed by atoms with Crippen molar-refractivity contribution in [2.45, 2.75) is 38.1 Å². The van der Waals surface area contributed by atoms with Crippen molar-refractivity contribution in [3.63, 3.8) is 0 Å². The molecule has 0 aliphatic heterocycles. The van der Waals surface area contributed by atoms with E-state index < -0.39 is 11.5 Å². The highest BCUT2D eigenvalue weighted by Gasteiger charge is 2.51. The fourth-order valence-electron chi connectivity index (χ4n) is 1.98. The Morgan fingerprint density at radius 3 is 2.65 bits per heavy atom. The smallest absolute Gasteiger partial charge is 0.329 e. The summed E-state index contributed by atoms with van der Waals surface area (Å²) in [4.78, 5) is 22.6. The van der Waals surface area contributed by atoms with Gasteiger partial charge >= 0.3 is 5.97 Å². The van der Waals surface area contributed by atoms with Crippen LogP contribution in [-0.2, 0) is 9.59 Å². The molecule has 1 aliphatic carbocycles. The fourth-order valence-corrected chi connectivity index (χ4v) is 1.98. The number of benzene rings is 1. The Morgan fingerprint density at radius 2 is 2.05 bits per heavy atom. The molecule has 0 radical (unpaired) electrons. The molecule has 0 heterocycles. The Balaban J connectivity index is 1.68. The molecule has 2 rings (SSSR count). The minimum Gasteiger partial charge on any atom is -0.493 e. The number of carboxylic acid groups (broad SMARTS) is 1. The number of hydrogen-bond acceptors (Lipinski definition) is 3. The number of carboxylic acids is 1. The van der Waals surface area contributed by atoms with Gasteiger partial charge in [-0.3, -0.25) is 4.79 Å². The van der Waals surface area contributed by atoms with Crippen molar-refractivity contribution in [2.24, 2.45) is 0 Å². The largest absolute Gasteiger partial charge is 0.493 e. The van der Waals surface area contributed by atoms with E-state index in [2.05, 4.69) is 5.32 Å². The van der Waals surface area contributed by atoms with E-state index in [-0.39, 0.29) is 12.3 Å². The van der Waals surface area contributed by atoms with E-state index in [4.69, 9.17) is 9.84 Å². The number of ether oxygens (including phenoxy) is 1. The lowest BCUT2D eigenvalue weighted by Gasteiger charge is -2.12. The second-order valence-electron chi connectivity index (χ2n) is 5.15. The monoisotopic (exact) mass is 277 g/mol. The predicted octanol–water partition coefficient (Wildman–Crippen LogP) is 1.89. The van der Waals surface area contributed by atoms with Crippen LogP contribution in [0.25, 0.3) is 0 Å². The molecule has 5 heteroatoms. The van der Waals surface area contributed by atoms with E-state index in [1.165, 1.54) is 0 Å². The first kappa shape index (κ1) is 14.4. The van der Waals surface area contributed by atoms with Crippen molar-refractivity contribution in [3.8, 4) is 5.75 Å². The Hall–Kier alpha value is -2.04. The summed E-state index contributed by atoms with van der Waals surface area (Å²) < 4.78 is 5.58. The van der Waals surface area contributed by atoms with Gasteiger partial charge in [0.15, 0.2) is 0 Å². The first-order valence-electron chi connectivity index (χ1n) is 6.76. The summed E-state index contributed by atoms with van der Waals surface area (Å²) in [7, 11) is 0. The van der Waals surface area contributed by atoms with Gasteiger partial charge in [0.25, 0.3) is 0 Å². The van der Waals surface area contributed by atoms with Crippen molar-refractivity contribution < 1.29 is 19.4 Å². The quantitative estimate of drug-likeness (QED) is 0.746. The van der Waals surface area contributed by atoms with E-state index in [0.29, 0.717) is 25.9 Å². The highest BCUT2D eigenvalue weighted by atomic mass is 16.5. The maximum Gasteiger partial charge on any atom is 0.329 e. The molecule has 2 N–H and O–H groups in total. The van der Waals surface area contributed by atoms with E-state index in [1.807, 2.05) is 31.2 Å². The number of hydrogen-bond donors (Lipinski definition) is 2. The first-order valence-corrected chi connectivity index (χ1v) is 6.76. The molecular weight excluding hydrogens is 258 g/mol. The lowest BCUT2D eigenvalue weighted by molar-refractivity contribution is -0.143. The zero-order valence-electron chi connectivity index (χ0n) is 11.5. The number of amides is 1. The maximum atomic E-state index is 11.7. The van der Waals surface area contributed by atoms with Crippen LogP contribution in [0.5, 0.6) is 5.75 Å². The fraction of sp³-hybridized carbons (Fsp3) is 0.467. The second-order valence-corrected chi connectivity index (χ2v) is 5.15. The SMILES string of the molecule is Cc1ccccc1OCCCC(=O)NC1(C(=O)O)CC1. The van der Waals surface area contributed by atoms with Gasteiger partial charge in [-0.15, -0.1) is 0 Å². The van der Waals surface area contributed by atoms with Crippen LogP contribution in [0.3, 0.4) is 0 Å². The van der Waals surface area contributed by atoms with Crippen molar-refractivity contribution in [3.05, 3.63) is 29.8 Å². The molecule has 1 amide bonds. The van der Waals surface area contributed by atoms with Gasteiger partial charge in [0, 0.05) is 6.42 Å². The molecule has 5 nitrogen and oxygen atoms in total. The number of carbonyl (C=O) groups excluding carboxylic acids is 1. The summed E-state index contributed by atoms with van der Waals surface area (Å²) in [5.41, 5.74) is 0.0632. The molecule has 1 aliphatic rings. The van der Waals surface area contributed by atoms with Crippen molar-refractivity contribution in [1.82, 2.24) is 5.32 Å². The van der Waals surface area contributed by atoms with Crippen molar-refractivity contribution in [1.29, 1.82) is 0 Å².